The summed E-state index contributed by atoms with van der Waals surface area (Å²) in [7, 11) is -2.27. The van der Waals surface area contributed by atoms with Crippen molar-refractivity contribution in [3.05, 3.63) is 83.4 Å². The highest BCUT2D eigenvalue weighted by molar-refractivity contribution is 7.92. The van der Waals surface area contributed by atoms with Crippen LogP contribution in [0.25, 0.3) is 21.9 Å². The number of sulfonamides is 1. The van der Waals surface area contributed by atoms with Gasteiger partial charge in [0.2, 0.25) is 0 Å². The second kappa shape index (κ2) is 8.20. The van der Waals surface area contributed by atoms with Crippen LogP contribution in [0.3, 0.4) is 0 Å². The number of anilines is 1. The topological polar surface area (TPSA) is 75.6 Å². The zero-order valence-corrected chi connectivity index (χ0v) is 19.2. The third-order valence-electron chi connectivity index (χ3n) is 5.64. The highest BCUT2D eigenvalue weighted by Gasteiger charge is 2.23. The third kappa shape index (κ3) is 3.78. The molecule has 0 aliphatic heterocycles. The summed E-state index contributed by atoms with van der Waals surface area (Å²) < 4.78 is 34.8. The fourth-order valence-electron chi connectivity index (χ4n) is 4.13. The lowest BCUT2D eigenvalue weighted by Crippen LogP contribution is -2.14. The molecule has 4 rings (SSSR count). The minimum atomic E-state index is -3.85. The molecule has 164 valence electrons. The largest absolute Gasteiger partial charge is 0.507 e. The number of hydrogen-bond donors (Lipinski definition) is 2. The number of rotatable bonds is 5. The Morgan fingerprint density at radius 1 is 0.875 bits per heavy atom. The normalized spacial score (nSPS) is 11.5. The molecular formula is C26H25NO4S. The molecule has 0 radical (unpaired) electrons. The quantitative estimate of drug-likeness (QED) is 0.397. The smallest absolute Gasteiger partial charge is 0.261 e. The molecular weight excluding hydrogens is 422 g/mol. The van der Waals surface area contributed by atoms with E-state index in [4.69, 9.17) is 4.74 Å². The van der Waals surface area contributed by atoms with E-state index >= 15 is 0 Å². The molecule has 5 nitrogen and oxygen atoms in total. The van der Waals surface area contributed by atoms with E-state index in [9.17, 15) is 13.5 Å². The summed E-state index contributed by atoms with van der Waals surface area (Å²) in [4.78, 5) is 0.169. The molecule has 0 saturated carbocycles. The van der Waals surface area contributed by atoms with E-state index in [1.165, 1.54) is 0 Å². The summed E-state index contributed by atoms with van der Waals surface area (Å²) in [5, 5.41) is 12.6. The molecule has 0 aromatic heterocycles. The van der Waals surface area contributed by atoms with Crippen LogP contribution in [0.1, 0.15) is 16.7 Å². The molecule has 0 spiro atoms. The van der Waals surface area contributed by atoms with Gasteiger partial charge in [0, 0.05) is 16.7 Å². The van der Waals surface area contributed by atoms with Crippen molar-refractivity contribution >= 4 is 26.5 Å². The molecule has 0 fully saturated rings. The van der Waals surface area contributed by atoms with Gasteiger partial charge in [0.05, 0.1) is 17.7 Å². The van der Waals surface area contributed by atoms with Gasteiger partial charge in [0.25, 0.3) is 10.0 Å². The maximum Gasteiger partial charge on any atom is 0.261 e. The highest BCUT2D eigenvalue weighted by Crippen LogP contribution is 2.46. The molecule has 4 aromatic rings. The molecule has 6 heteroatoms. The van der Waals surface area contributed by atoms with Crippen LogP contribution in [0.5, 0.6) is 11.5 Å². The van der Waals surface area contributed by atoms with Crippen molar-refractivity contribution in [1.29, 1.82) is 0 Å². The van der Waals surface area contributed by atoms with Crippen molar-refractivity contribution in [3.8, 4) is 22.6 Å². The number of aryl methyl sites for hydroxylation is 2. The summed E-state index contributed by atoms with van der Waals surface area (Å²) in [6.45, 7) is 5.63. The highest BCUT2D eigenvalue weighted by atomic mass is 32.2. The van der Waals surface area contributed by atoms with E-state index in [2.05, 4.69) is 4.72 Å². The van der Waals surface area contributed by atoms with Crippen LogP contribution in [-0.4, -0.2) is 20.6 Å². The molecule has 32 heavy (non-hydrogen) atoms. The Bertz CT molecular complexity index is 1420. The fourth-order valence-corrected chi connectivity index (χ4v) is 5.19. The minimum Gasteiger partial charge on any atom is -0.507 e. The van der Waals surface area contributed by atoms with Gasteiger partial charge in [-0.2, -0.15) is 0 Å². The van der Waals surface area contributed by atoms with Gasteiger partial charge < -0.3 is 9.84 Å². The second-order valence-corrected chi connectivity index (χ2v) is 9.56. The number of benzene rings is 4. The van der Waals surface area contributed by atoms with Gasteiger partial charge in [-0.15, -0.1) is 0 Å². The number of nitrogens with one attached hydrogen (secondary N) is 1. The SMILES string of the molecule is COc1c(C)cc(NS(=O)(=O)c2ccc(C)cc2)c(-c2c(O)ccc3ccccc23)c1C. The molecule has 0 aliphatic carbocycles. The van der Waals surface area contributed by atoms with Gasteiger partial charge in [-0.05, 0) is 61.4 Å². The lowest BCUT2D eigenvalue weighted by atomic mass is 9.91. The number of phenols is 1. The zero-order chi connectivity index (χ0) is 23.0. The molecule has 0 atom stereocenters. The predicted molar refractivity (Wildman–Crippen MR) is 129 cm³/mol. The van der Waals surface area contributed by atoms with Crippen LogP contribution in [0.4, 0.5) is 5.69 Å². The second-order valence-electron chi connectivity index (χ2n) is 7.87. The average Bonchev–Trinajstić information content (AvgIpc) is 2.75. The van der Waals surface area contributed by atoms with Gasteiger partial charge >= 0.3 is 0 Å². The molecule has 4 aromatic carbocycles. The summed E-state index contributed by atoms with van der Waals surface area (Å²) >= 11 is 0. The maximum absolute atomic E-state index is 13.2. The van der Waals surface area contributed by atoms with Crippen LogP contribution in [-0.2, 0) is 10.0 Å². The summed E-state index contributed by atoms with van der Waals surface area (Å²) in [6.07, 6.45) is 0. The Balaban J connectivity index is 2.00. The van der Waals surface area contributed by atoms with E-state index in [1.807, 2.05) is 51.1 Å². The van der Waals surface area contributed by atoms with Gasteiger partial charge in [-0.3, -0.25) is 4.72 Å². The van der Waals surface area contributed by atoms with E-state index in [0.29, 0.717) is 22.6 Å². The lowest BCUT2D eigenvalue weighted by molar-refractivity contribution is 0.409. The number of hydrogen-bond acceptors (Lipinski definition) is 4. The fraction of sp³-hybridized carbons (Fsp3) is 0.154. The first-order chi connectivity index (χ1) is 15.2. The van der Waals surface area contributed by atoms with Crippen LogP contribution < -0.4 is 9.46 Å². The Hall–Kier alpha value is -3.51. The van der Waals surface area contributed by atoms with E-state index in [-0.39, 0.29) is 10.6 Å². The number of fused-ring (bicyclic) bond motifs is 1. The molecule has 0 unspecified atom stereocenters. The number of ether oxygens (including phenoxy) is 1. The van der Waals surface area contributed by atoms with Crippen molar-refractivity contribution in [3.63, 3.8) is 0 Å². The molecule has 0 amide bonds. The van der Waals surface area contributed by atoms with Crippen molar-refractivity contribution in [2.45, 2.75) is 25.7 Å². The van der Waals surface area contributed by atoms with Gasteiger partial charge in [-0.25, -0.2) is 8.42 Å². The number of methoxy groups -OCH3 is 1. The Morgan fingerprint density at radius 3 is 2.25 bits per heavy atom. The van der Waals surface area contributed by atoms with Crippen molar-refractivity contribution in [2.75, 3.05) is 11.8 Å². The zero-order valence-electron chi connectivity index (χ0n) is 18.4. The van der Waals surface area contributed by atoms with E-state index < -0.39 is 10.0 Å². The van der Waals surface area contributed by atoms with E-state index in [0.717, 1.165) is 27.5 Å². The van der Waals surface area contributed by atoms with Gasteiger partial charge in [0.1, 0.15) is 11.5 Å². The Morgan fingerprint density at radius 2 is 1.56 bits per heavy atom. The summed E-state index contributed by atoms with van der Waals surface area (Å²) in [5.41, 5.74) is 4.02. The van der Waals surface area contributed by atoms with Crippen molar-refractivity contribution < 1.29 is 18.3 Å². The third-order valence-corrected chi connectivity index (χ3v) is 7.02. The van der Waals surface area contributed by atoms with Crippen molar-refractivity contribution in [2.24, 2.45) is 0 Å². The average molecular weight is 448 g/mol. The lowest BCUT2D eigenvalue weighted by Gasteiger charge is -2.21. The molecule has 0 aliphatic rings. The van der Waals surface area contributed by atoms with Crippen LogP contribution in [0.15, 0.2) is 71.6 Å². The Kier molecular flexibility index (Phi) is 5.57. The standard InChI is InChI=1S/C26H25NO4S/c1-16-9-12-20(13-10-16)32(29,30)27-22-15-17(2)26(31-4)18(3)24(22)25-21-8-6-5-7-19(21)11-14-23(25)28/h5-15,27-28H,1-4H3. The summed E-state index contributed by atoms with van der Waals surface area (Å²) in [5.74, 6) is 0.708. The van der Waals surface area contributed by atoms with Crippen LogP contribution in [0.2, 0.25) is 0 Å². The minimum absolute atomic E-state index is 0.0634. The summed E-state index contributed by atoms with van der Waals surface area (Å²) in [6, 6.07) is 19.6. The Labute approximate surface area is 188 Å². The van der Waals surface area contributed by atoms with Crippen molar-refractivity contribution in [1.82, 2.24) is 0 Å². The first kappa shape index (κ1) is 21.7. The molecule has 0 saturated heterocycles. The molecule has 0 heterocycles. The van der Waals surface area contributed by atoms with Gasteiger partial charge in [0.15, 0.2) is 0 Å². The maximum atomic E-state index is 13.2. The van der Waals surface area contributed by atoms with E-state index in [1.54, 1.807) is 43.5 Å². The van der Waals surface area contributed by atoms with Crippen LogP contribution in [0, 0.1) is 20.8 Å². The van der Waals surface area contributed by atoms with Gasteiger partial charge in [-0.1, -0.05) is 48.0 Å². The number of phenolic OH excluding ortho intramolecular Hbond substituents is 1. The molecule has 0 bridgehead atoms. The predicted octanol–water partition coefficient (Wildman–Crippen LogP) is 5.95. The van der Waals surface area contributed by atoms with Crippen LogP contribution >= 0.6 is 0 Å². The first-order valence-corrected chi connectivity index (χ1v) is 11.7. The molecule has 2 N–H and O–H groups in total. The monoisotopic (exact) mass is 447 g/mol. The number of aromatic hydroxyl groups is 1. The first-order valence-electron chi connectivity index (χ1n) is 10.2.